The Morgan fingerprint density at radius 1 is 0.561 bits per heavy atom. The number of H-pyrrole nitrogens is 2. The van der Waals surface area contributed by atoms with Crippen molar-refractivity contribution in [3.63, 3.8) is 0 Å². The third-order valence-electron chi connectivity index (χ3n) is 15.6. The predicted molar refractivity (Wildman–Crippen MR) is 252 cm³/mol. The van der Waals surface area contributed by atoms with Crippen LogP contribution in [0.5, 0.6) is 0 Å². The fourth-order valence-corrected chi connectivity index (χ4v) is 11.3. The van der Waals surface area contributed by atoms with Crippen LogP contribution in [0.25, 0.3) is 48.6 Å². The number of aromatic amines is 2. The summed E-state index contributed by atoms with van der Waals surface area (Å²) in [5.74, 6) is -0.723. The van der Waals surface area contributed by atoms with E-state index in [2.05, 4.69) is 147 Å². The minimum absolute atomic E-state index is 0. The molecule has 1 saturated heterocycles. The molecule has 0 saturated carbocycles. The van der Waals surface area contributed by atoms with Crippen molar-refractivity contribution in [1.82, 2.24) is 9.97 Å². The third kappa shape index (κ3) is 7.81. The van der Waals surface area contributed by atoms with Crippen LogP contribution in [0.3, 0.4) is 0 Å². The summed E-state index contributed by atoms with van der Waals surface area (Å²) < 4.78 is 12.4. The summed E-state index contributed by atoms with van der Waals surface area (Å²) in [5, 5.41) is 13.7. The van der Waals surface area contributed by atoms with Crippen LogP contribution in [0.1, 0.15) is 113 Å². The number of esters is 2. The number of nitrogens with one attached hydrogen (secondary N) is 2. The maximum Gasteiger partial charge on any atom is 1.00 e. The Labute approximate surface area is 444 Å². The number of nitrogens with two attached hydrogens (primary N) is 4. The number of ether oxygens (including phenoxy) is 2. The minimum Gasteiger partial charge on any atom is -0.461 e. The monoisotopic (exact) mass is 1010 g/mol. The number of rotatable bonds is 2. The number of carbonyl (C=O) groups excluding carboxylic acids is 2. The molecule has 14 heteroatoms. The molecule has 14 bridgehead atoms. The molecular formula is C52H62CsN9O4+4. The normalized spacial score (nSPS) is 24.6. The number of allylic oxidation sites excluding steroid dienone is 8. The van der Waals surface area contributed by atoms with Crippen molar-refractivity contribution in [1.29, 1.82) is 0 Å². The zero-order valence-electron chi connectivity index (χ0n) is 39.9. The van der Waals surface area contributed by atoms with Gasteiger partial charge >= 0.3 is 80.8 Å². The van der Waals surface area contributed by atoms with Gasteiger partial charge in [-0.3, -0.25) is 26.2 Å². The molecule has 9 heterocycles. The van der Waals surface area contributed by atoms with Gasteiger partial charge in [0.05, 0.1) is 24.2 Å². The first-order valence-electron chi connectivity index (χ1n) is 23.2. The summed E-state index contributed by atoms with van der Waals surface area (Å²) in [6.07, 6.45) is 22.8. The number of hydrogen-bond donors (Lipinski definition) is 6. The van der Waals surface area contributed by atoms with Crippen molar-refractivity contribution in [2.45, 2.75) is 93.9 Å². The van der Waals surface area contributed by atoms with Crippen LogP contribution in [0.2, 0.25) is 0 Å². The van der Waals surface area contributed by atoms with E-state index in [9.17, 15) is 9.59 Å². The van der Waals surface area contributed by atoms with Crippen LogP contribution in [0.4, 0.5) is 0 Å². The van der Waals surface area contributed by atoms with Gasteiger partial charge < -0.3 is 30.5 Å². The number of nitrogens with zero attached hydrogens (tertiary/aromatic N) is 3. The van der Waals surface area contributed by atoms with Crippen LogP contribution in [-0.2, 0) is 22.3 Å². The van der Waals surface area contributed by atoms with E-state index in [1.54, 1.807) is 0 Å². The van der Waals surface area contributed by atoms with E-state index < -0.39 is 0 Å². The van der Waals surface area contributed by atoms with Gasteiger partial charge in [-0.1, -0.05) is 38.1 Å². The summed E-state index contributed by atoms with van der Waals surface area (Å²) in [7, 11) is 0. The van der Waals surface area contributed by atoms with Crippen molar-refractivity contribution >= 4 is 44.5 Å². The van der Waals surface area contributed by atoms with Gasteiger partial charge in [-0.25, -0.2) is 9.59 Å². The zero-order valence-corrected chi connectivity index (χ0v) is 46.1. The van der Waals surface area contributed by atoms with E-state index in [4.69, 9.17) is 20.5 Å². The molecule has 7 aliphatic heterocycles. The van der Waals surface area contributed by atoms with Crippen molar-refractivity contribution in [3.8, 4) is 0 Å². The molecule has 4 aromatic rings. The van der Waals surface area contributed by atoms with Gasteiger partial charge in [-0.2, -0.15) is 0 Å². The van der Waals surface area contributed by atoms with Crippen LogP contribution < -0.4 is 90.2 Å². The second kappa shape index (κ2) is 18.4. The minimum atomic E-state index is -0.361. The Kier molecular flexibility index (Phi) is 13.5. The molecule has 7 aliphatic rings. The first-order chi connectivity index (χ1) is 31.1. The van der Waals surface area contributed by atoms with Gasteiger partial charge in [-0.15, -0.1) is 0 Å². The summed E-state index contributed by atoms with van der Waals surface area (Å²) in [4.78, 5) is 37.1. The quantitative estimate of drug-likeness (QED) is 0.0758. The van der Waals surface area contributed by atoms with Crippen LogP contribution >= 0.6 is 0 Å². The molecule has 2 aromatic heterocycles. The van der Waals surface area contributed by atoms with E-state index in [1.807, 2.05) is 12.1 Å². The van der Waals surface area contributed by atoms with E-state index in [-0.39, 0.29) is 116 Å². The Balaban J connectivity index is 0.00000144. The second-order valence-electron chi connectivity index (χ2n) is 19.7. The zero-order chi connectivity index (χ0) is 46.1. The van der Waals surface area contributed by atoms with Gasteiger partial charge in [-0.05, 0) is 102 Å². The molecule has 0 spiro atoms. The molecule has 0 radical (unpaired) electrons. The van der Waals surface area contributed by atoms with Crippen LogP contribution in [-0.4, -0.2) is 35.1 Å². The molecule has 1 fully saturated rings. The number of aryl methyl sites for hydroxylation is 2. The summed E-state index contributed by atoms with van der Waals surface area (Å²) in [5.41, 5.74) is 27.0. The number of quaternary nitrogens is 4. The molecule has 10 N–H and O–H groups in total. The van der Waals surface area contributed by atoms with E-state index in [0.29, 0.717) is 37.1 Å². The summed E-state index contributed by atoms with van der Waals surface area (Å²) in [6.45, 7) is 18.8. The fraction of sp³-hybridized carbons (Fsp3) is 0.385. The van der Waals surface area contributed by atoms with Crippen molar-refractivity contribution in [3.05, 3.63) is 157 Å². The second-order valence-corrected chi connectivity index (χ2v) is 19.7. The number of carbonyl (C=O) groups is 2. The van der Waals surface area contributed by atoms with Crippen molar-refractivity contribution < 1.29 is 109 Å². The van der Waals surface area contributed by atoms with E-state index >= 15 is 0 Å². The van der Waals surface area contributed by atoms with E-state index in [1.165, 1.54) is 50.5 Å². The summed E-state index contributed by atoms with van der Waals surface area (Å²) in [6, 6.07) is 8.32. The smallest absolute Gasteiger partial charge is 0.461 e. The molecule has 0 atom stereocenters. The Morgan fingerprint density at radius 2 is 0.864 bits per heavy atom. The number of aromatic nitrogens is 2. The average Bonchev–Trinajstić information content (AvgIpc) is 4.14. The number of fused-ring (bicyclic) bond motifs is 11. The number of benzene rings is 2. The maximum absolute atomic E-state index is 14.3. The largest absolute Gasteiger partial charge is 1.00 e. The number of hydrogen-bond acceptors (Lipinski definition) is 4. The average molecular weight is 1010 g/mol. The van der Waals surface area contributed by atoms with Gasteiger partial charge in [0, 0.05) is 59.4 Å². The van der Waals surface area contributed by atoms with E-state index in [0.717, 1.165) is 56.5 Å². The van der Waals surface area contributed by atoms with Crippen LogP contribution in [0, 0.1) is 21.7 Å². The first kappa shape index (κ1) is 48.3. The fourth-order valence-electron chi connectivity index (χ4n) is 11.3. The van der Waals surface area contributed by atoms with Gasteiger partial charge in [0.1, 0.15) is 78.6 Å². The molecule has 2 aromatic carbocycles. The SMILES string of the molecule is CCc1c2[nH]c3c4[nH]c(c(CC)c4c4ccccc4c13)C(=O)OCCCC1(C)C3=CC=C([NH2+]3)C(C)(C)C3=CC=C([NH2+]3)C(C)(CCCOC2=O)C2=CC=C([NH2+]2)C(C)(C)C2=CC=C1[NH2+]2.[Cs+].[N-]=[N+]=[N-]. The molecule has 0 unspecified atom stereocenters. The van der Waals surface area contributed by atoms with Gasteiger partial charge in [0.25, 0.3) is 0 Å². The maximum atomic E-state index is 14.3. The van der Waals surface area contributed by atoms with Crippen molar-refractivity contribution in [2.24, 2.45) is 21.7 Å². The molecule has 0 amide bonds. The summed E-state index contributed by atoms with van der Waals surface area (Å²) >= 11 is 0. The van der Waals surface area contributed by atoms with Gasteiger partial charge in [0.15, 0.2) is 0 Å². The van der Waals surface area contributed by atoms with Crippen LogP contribution in [0.15, 0.2) is 118 Å². The Bertz CT molecular complexity index is 2740. The predicted octanol–water partition coefficient (Wildman–Crippen LogP) is 4.14. The topological polar surface area (TPSA) is 209 Å². The first-order valence-corrected chi connectivity index (χ1v) is 23.2. The Hall–Kier alpha value is -4.16. The molecule has 66 heavy (non-hydrogen) atoms. The molecule has 13 nitrogen and oxygen atoms in total. The molecule has 11 rings (SSSR count). The van der Waals surface area contributed by atoms with Gasteiger partial charge in [0.2, 0.25) is 0 Å². The molecule has 336 valence electrons. The molecular weight excluding hydrogens is 948 g/mol. The third-order valence-corrected chi connectivity index (χ3v) is 15.6. The van der Waals surface area contributed by atoms with Crippen molar-refractivity contribution in [2.75, 3.05) is 13.2 Å². The standard InChI is InChI=1S/C52H58N6O4.Cs.N3/c1-9-29-41-31-15-11-12-16-32(31)42-30(10-2)44-48(60)62-28-14-26-52(8)39-23-19-35(55-39)49(3,4)33-17-21-37(53-33)51(7,25-13-27-61-47(59)43(29)57-45(41)46(42)58-44)38-22-18-34(54-38)50(5,6)36-20-24-40(52)56-36;;1-3-2/h11-12,15-24,53-58H,9-10,13-14,25-28H2,1-8H3;;/q;+1;-1/p+4. The Morgan fingerprint density at radius 3 is 1.17 bits per heavy atom. The molecule has 0 aliphatic carbocycles.